The van der Waals surface area contributed by atoms with Gasteiger partial charge < -0.3 is 10.1 Å². The molecule has 0 aliphatic carbocycles. The van der Waals surface area contributed by atoms with Gasteiger partial charge in [0.05, 0.1) is 18.3 Å². The first-order chi connectivity index (χ1) is 7.79. The zero-order chi connectivity index (χ0) is 11.1. The molecule has 0 spiro atoms. The summed E-state index contributed by atoms with van der Waals surface area (Å²) in [6.45, 7) is -0.109. The van der Waals surface area contributed by atoms with Crippen LogP contribution in [0.1, 0.15) is 5.56 Å². The maximum absolute atomic E-state index is 11.6. The third-order valence-corrected chi connectivity index (χ3v) is 2.43. The lowest BCUT2D eigenvalue weighted by Gasteiger charge is -2.01. The van der Waals surface area contributed by atoms with Gasteiger partial charge in [0.2, 0.25) is 0 Å². The van der Waals surface area contributed by atoms with E-state index in [9.17, 15) is 4.79 Å². The summed E-state index contributed by atoms with van der Waals surface area (Å²) in [5.41, 5.74) is 2.01. The van der Waals surface area contributed by atoms with Crippen LogP contribution in [0, 0.1) is 0 Å². The molecule has 0 unspecified atom stereocenters. The van der Waals surface area contributed by atoms with Crippen molar-refractivity contribution in [1.82, 2.24) is 19.6 Å². The number of fused-ring (bicyclic) bond motifs is 3. The number of rotatable bonds is 1. The molecule has 3 aromatic heterocycles. The molecule has 0 bridgehead atoms. The first kappa shape index (κ1) is 9.05. The van der Waals surface area contributed by atoms with Crippen molar-refractivity contribution in [1.29, 1.82) is 0 Å². The lowest BCUT2D eigenvalue weighted by molar-refractivity contribution is 0.281. The van der Waals surface area contributed by atoms with E-state index in [1.807, 2.05) is 0 Å². The maximum atomic E-state index is 11.6. The van der Waals surface area contributed by atoms with E-state index in [-0.39, 0.29) is 12.2 Å². The topological polar surface area (TPSA) is 83.3 Å². The maximum Gasteiger partial charge on any atom is 0.274 e. The Kier molecular flexibility index (Phi) is 1.78. The molecule has 0 atom stereocenters. The number of H-pyrrole nitrogens is 1. The Labute approximate surface area is 89.2 Å². The van der Waals surface area contributed by atoms with E-state index < -0.39 is 0 Å². The summed E-state index contributed by atoms with van der Waals surface area (Å²) in [7, 11) is 0. The predicted molar refractivity (Wildman–Crippen MR) is 57.0 cm³/mol. The highest BCUT2D eigenvalue weighted by Crippen LogP contribution is 2.10. The van der Waals surface area contributed by atoms with Crippen molar-refractivity contribution < 1.29 is 5.11 Å². The Morgan fingerprint density at radius 3 is 3.19 bits per heavy atom. The highest BCUT2D eigenvalue weighted by Gasteiger charge is 2.06. The van der Waals surface area contributed by atoms with Crippen LogP contribution in [0.2, 0.25) is 0 Å². The van der Waals surface area contributed by atoms with Crippen molar-refractivity contribution in [2.75, 3.05) is 0 Å². The quantitative estimate of drug-likeness (QED) is 0.602. The highest BCUT2D eigenvalue weighted by molar-refractivity contribution is 5.73. The summed E-state index contributed by atoms with van der Waals surface area (Å²) in [5, 5.41) is 13.0. The summed E-state index contributed by atoms with van der Waals surface area (Å²) >= 11 is 0. The Hall–Kier alpha value is -2.21. The van der Waals surface area contributed by atoms with Crippen molar-refractivity contribution in [2.24, 2.45) is 0 Å². The molecule has 3 heterocycles. The van der Waals surface area contributed by atoms with Gasteiger partial charge in [0.15, 0.2) is 5.65 Å². The van der Waals surface area contributed by atoms with Gasteiger partial charge in [0, 0.05) is 6.20 Å². The molecule has 0 aliphatic heterocycles. The number of hydrogen-bond donors (Lipinski definition) is 2. The molecule has 3 aromatic rings. The summed E-state index contributed by atoms with van der Waals surface area (Å²) in [4.78, 5) is 18.5. The molecule has 0 amide bonds. The molecule has 0 radical (unpaired) electrons. The molecule has 0 aliphatic rings. The van der Waals surface area contributed by atoms with Crippen LogP contribution in [0.3, 0.4) is 0 Å². The number of pyridine rings is 1. The number of hydrogen-bond acceptors (Lipinski definition) is 4. The zero-order valence-electron chi connectivity index (χ0n) is 8.21. The molecule has 2 N–H and O–H groups in total. The normalized spacial score (nSPS) is 11.3. The predicted octanol–water partition coefficient (Wildman–Crippen LogP) is 0.0631. The van der Waals surface area contributed by atoms with Crippen LogP contribution in [0.25, 0.3) is 16.7 Å². The first-order valence-electron chi connectivity index (χ1n) is 4.75. The van der Waals surface area contributed by atoms with Crippen LogP contribution >= 0.6 is 0 Å². The number of aromatic amines is 1. The molecule has 0 saturated carbocycles. The van der Waals surface area contributed by atoms with Crippen molar-refractivity contribution >= 4 is 16.7 Å². The van der Waals surface area contributed by atoms with Gasteiger partial charge >= 0.3 is 0 Å². The van der Waals surface area contributed by atoms with E-state index in [1.54, 1.807) is 24.5 Å². The fourth-order valence-corrected chi connectivity index (χ4v) is 1.68. The van der Waals surface area contributed by atoms with Crippen molar-refractivity contribution in [3.05, 3.63) is 40.4 Å². The second-order valence-corrected chi connectivity index (χ2v) is 3.46. The third-order valence-electron chi connectivity index (χ3n) is 2.43. The SMILES string of the molecule is O=c1[nH]c2cc(CO)cnc2n2nccc12. The molecular weight excluding hydrogens is 208 g/mol. The van der Waals surface area contributed by atoms with E-state index in [0.717, 1.165) is 0 Å². The van der Waals surface area contributed by atoms with Crippen LogP contribution in [-0.4, -0.2) is 24.7 Å². The van der Waals surface area contributed by atoms with Crippen LogP contribution in [0.4, 0.5) is 0 Å². The molecule has 16 heavy (non-hydrogen) atoms. The first-order valence-corrected chi connectivity index (χ1v) is 4.75. The minimum Gasteiger partial charge on any atom is -0.392 e. The number of aliphatic hydroxyl groups is 1. The number of aliphatic hydroxyl groups excluding tert-OH is 1. The van der Waals surface area contributed by atoms with Gasteiger partial charge in [-0.15, -0.1) is 0 Å². The fourth-order valence-electron chi connectivity index (χ4n) is 1.68. The minimum atomic E-state index is -0.220. The highest BCUT2D eigenvalue weighted by atomic mass is 16.3. The van der Waals surface area contributed by atoms with Crippen molar-refractivity contribution in [3.63, 3.8) is 0 Å². The molecular formula is C10H8N4O2. The Morgan fingerprint density at radius 1 is 1.50 bits per heavy atom. The third kappa shape index (κ3) is 1.13. The largest absolute Gasteiger partial charge is 0.392 e. The molecule has 0 saturated heterocycles. The molecule has 6 heteroatoms. The molecule has 0 fully saturated rings. The molecule has 6 nitrogen and oxygen atoms in total. The lowest BCUT2D eigenvalue weighted by atomic mass is 10.3. The number of nitrogens with zero attached hydrogens (tertiary/aromatic N) is 3. The van der Waals surface area contributed by atoms with E-state index >= 15 is 0 Å². The Bertz CT molecular complexity index is 728. The van der Waals surface area contributed by atoms with Gasteiger partial charge in [-0.2, -0.15) is 5.10 Å². The summed E-state index contributed by atoms with van der Waals surface area (Å²) in [6, 6.07) is 3.31. The van der Waals surface area contributed by atoms with Gasteiger partial charge in [-0.3, -0.25) is 4.79 Å². The monoisotopic (exact) mass is 216 g/mol. The second-order valence-electron chi connectivity index (χ2n) is 3.46. The Morgan fingerprint density at radius 2 is 2.38 bits per heavy atom. The van der Waals surface area contributed by atoms with E-state index in [4.69, 9.17) is 5.11 Å². The van der Waals surface area contributed by atoms with Gasteiger partial charge in [0.25, 0.3) is 5.56 Å². The smallest absolute Gasteiger partial charge is 0.274 e. The van der Waals surface area contributed by atoms with Crippen LogP contribution in [-0.2, 0) is 6.61 Å². The lowest BCUT2D eigenvalue weighted by Crippen LogP contribution is -2.11. The summed E-state index contributed by atoms with van der Waals surface area (Å²) in [5.74, 6) is 0. The standard InChI is InChI=1S/C10H8N4O2/c15-5-6-3-7-9(11-4-6)14-8(1-2-12-14)10(16)13-7/h1-4,15H,5H2,(H,13,16). The number of aromatic nitrogens is 4. The Balaban J connectivity index is 2.53. The van der Waals surface area contributed by atoms with E-state index in [2.05, 4.69) is 15.1 Å². The van der Waals surface area contributed by atoms with E-state index in [1.165, 1.54) is 4.52 Å². The summed E-state index contributed by atoms with van der Waals surface area (Å²) < 4.78 is 1.48. The van der Waals surface area contributed by atoms with Gasteiger partial charge in [-0.05, 0) is 17.7 Å². The molecule has 80 valence electrons. The molecule has 3 rings (SSSR count). The zero-order valence-corrected chi connectivity index (χ0v) is 8.21. The molecule has 0 aromatic carbocycles. The number of nitrogens with one attached hydrogen (secondary N) is 1. The second kappa shape index (κ2) is 3.14. The van der Waals surface area contributed by atoms with Gasteiger partial charge in [-0.25, -0.2) is 9.50 Å². The van der Waals surface area contributed by atoms with Crippen molar-refractivity contribution in [3.8, 4) is 0 Å². The van der Waals surface area contributed by atoms with E-state index in [0.29, 0.717) is 22.2 Å². The average Bonchev–Trinajstić information content (AvgIpc) is 2.78. The van der Waals surface area contributed by atoms with Crippen LogP contribution in [0.5, 0.6) is 0 Å². The minimum absolute atomic E-state index is 0.109. The van der Waals surface area contributed by atoms with Gasteiger partial charge in [0.1, 0.15) is 5.52 Å². The van der Waals surface area contributed by atoms with Crippen LogP contribution < -0.4 is 5.56 Å². The van der Waals surface area contributed by atoms with Gasteiger partial charge in [-0.1, -0.05) is 0 Å². The van der Waals surface area contributed by atoms with Crippen LogP contribution in [0.15, 0.2) is 29.3 Å². The fraction of sp³-hybridized carbons (Fsp3) is 0.100. The summed E-state index contributed by atoms with van der Waals surface area (Å²) in [6.07, 6.45) is 3.10. The average molecular weight is 216 g/mol. The van der Waals surface area contributed by atoms with Crippen molar-refractivity contribution in [2.45, 2.75) is 6.61 Å².